The molecule has 2 aromatic rings. The first-order chi connectivity index (χ1) is 8.78. The van der Waals surface area contributed by atoms with E-state index in [0.29, 0.717) is 12.0 Å². The van der Waals surface area contributed by atoms with Gasteiger partial charge in [-0.3, -0.25) is 0 Å². The summed E-state index contributed by atoms with van der Waals surface area (Å²) in [6.07, 6.45) is 2.49. The van der Waals surface area contributed by atoms with E-state index in [0.717, 1.165) is 12.3 Å². The van der Waals surface area contributed by atoms with Crippen molar-refractivity contribution in [1.82, 2.24) is 5.32 Å². The van der Waals surface area contributed by atoms with E-state index in [1.54, 1.807) is 7.11 Å². The van der Waals surface area contributed by atoms with Crippen LogP contribution in [0.5, 0.6) is 5.75 Å². The fourth-order valence-corrected chi connectivity index (χ4v) is 4.05. The van der Waals surface area contributed by atoms with Gasteiger partial charge in [0, 0.05) is 21.0 Å². The van der Waals surface area contributed by atoms with E-state index in [-0.39, 0.29) is 0 Å². The van der Waals surface area contributed by atoms with Crippen LogP contribution in [0.15, 0.2) is 24.3 Å². The number of fused-ring (bicyclic) bond motifs is 1. The fourth-order valence-electron chi connectivity index (χ4n) is 2.82. The maximum Gasteiger partial charge on any atom is 0.127 e. The highest BCUT2D eigenvalue weighted by Crippen LogP contribution is 2.39. The maximum atomic E-state index is 5.44. The lowest BCUT2D eigenvalue weighted by Gasteiger charge is -2.27. The van der Waals surface area contributed by atoms with Crippen LogP contribution in [0.25, 0.3) is 10.1 Å². The molecule has 1 N–H and O–H groups in total. The monoisotopic (exact) mass is 261 g/mol. The largest absolute Gasteiger partial charge is 0.496 e. The third-order valence-electron chi connectivity index (χ3n) is 3.79. The minimum atomic E-state index is 0.635. The van der Waals surface area contributed by atoms with Gasteiger partial charge in [-0.1, -0.05) is 6.07 Å². The molecule has 96 valence electrons. The second-order valence-electron chi connectivity index (χ2n) is 5.10. The molecule has 2 heterocycles. The van der Waals surface area contributed by atoms with Gasteiger partial charge in [-0.25, -0.2) is 0 Å². The van der Waals surface area contributed by atoms with Crippen molar-refractivity contribution in [3.63, 3.8) is 0 Å². The van der Waals surface area contributed by atoms with E-state index in [4.69, 9.17) is 4.74 Å². The van der Waals surface area contributed by atoms with Crippen LogP contribution < -0.4 is 10.1 Å². The van der Waals surface area contributed by atoms with Crippen LogP contribution >= 0.6 is 11.3 Å². The molecule has 0 saturated carbocycles. The first-order valence-electron chi connectivity index (χ1n) is 6.57. The van der Waals surface area contributed by atoms with E-state index in [2.05, 4.69) is 30.4 Å². The Kier molecular flexibility index (Phi) is 3.27. The van der Waals surface area contributed by atoms with Crippen molar-refractivity contribution in [2.24, 2.45) is 0 Å². The Bertz CT molecular complexity index is 548. The van der Waals surface area contributed by atoms with Crippen molar-refractivity contribution in [3.8, 4) is 5.75 Å². The Morgan fingerprint density at radius 1 is 1.39 bits per heavy atom. The Morgan fingerprint density at radius 3 is 3.06 bits per heavy atom. The van der Waals surface area contributed by atoms with E-state index in [9.17, 15) is 0 Å². The first kappa shape index (κ1) is 12.0. The van der Waals surface area contributed by atoms with Gasteiger partial charge in [-0.15, -0.1) is 11.3 Å². The molecular formula is C15H19NOS. The minimum absolute atomic E-state index is 0.635. The first-order valence-corrected chi connectivity index (χ1v) is 7.39. The van der Waals surface area contributed by atoms with Gasteiger partial charge in [-0.2, -0.15) is 0 Å². The van der Waals surface area contributed by atoms with E-state index >= 15 is 0 Å². The maximum absolute atomic E-state index is 5.44. The van der Waals surface area contributed by atoms with Crippen molar-refractivity contribution < 1.29 is 4.74 Å². The van der Waals surface area contributed by atoms with Crippen LogP contribution in [-0.4, -0.2) is 19.7 Å². The summed E-state index contributed by atoms with van der Waals surface area (Å²) in [6, 6.07) is 9.28. The molecule has 2 nitrogen and oxygen atoms in total. The Morgan fingerprint density at radius 2 is 2.28 bits per heavy atom. The average Bonchev–Trinajstić information content (AvgIpc) is 2.82. The van der Waals surface area contributed by atoms with Gasteiger partial charge in [0.25, 0.3) is 0 Å². The third-order valence-corrected chi connectivity index (χ3v) is 5.05. The zero-order chi connectivity index (χ0) is 12.5. The van der Waals surface area contributed by atoms with Gasteiger partial charge in [0.15, 0.2) is 0 Å². The van der Waals surface area contributed by atoms with Crippen LogP contribution in [0.2, 0.25) is 0 Å². The third kappa shape index (κ3) is 2.13. The number of benzene rings is 1. The van der Waals surface area contributed by atoms with Crippen molar-refractivity contribution in [2.75, 3.05) is 13.7 Å². The van der Waals surface area contributed by atoms with Crippen molar-refractivity contribution in [3.05, 3.63) is 29.1 Å². The molecule has 1 fully saturated rings. The highest BCUT2D eigenvalue weighted by Gasteiger charge is 2.22. The summed E-state index contributed by atoms with van der Waals surface area (Å²) in [5.74, 6) is 1.71. The molecule has 3 heteroatoms. The molecule has 0 radical (unpaired) electrons. The summed E-state index contributed by atoms with van der Waals surface area (Å²) < 4.78 is 6.79. The molecule has 1 aromatic heterocycles. The number of hydrogen-bond acceptors (Lipinski definition) is 3. The fraction of sp³-hybridized carbons (Fsp3) is 0.467. The predicted molar refractivity (Wildman–Crippen MR) is 77.8 cm³/mol. The lowest BCUT2D eigenvalue weighted by Crippen LogP contribution is -2.34. The molecule has 0 unspecified atom stereocenters. The standard InChI is InChI=1S/C15H19NOS/c1-10-8-11(6-7-16-10)15-9-12-13(17-2)4-3-5-14(12)18-15/h3-5,9-11,16H,6-8H2,1-2H3/t10-,11+/m1/s1. The molecule has 18 heavy (non-hydrogen) atoms. The minimum Gasteiger partial charge on any atom is -0.496 e. The molecule has 0 bridgehead atoms. The highest BCUT2D eigenvalue weighted by atomic mass is 32.1. The molecule has 1 aromatic carbocycles. The van der Waals surface area contributed by atoms with Crippen LogP contribution in [0, 0.1) is 0 Å². The van der Waals surface area contributed by atoms with E-state index < -0.39 is 0 Å². The molecule has 2 atom stereocenters. The summed E-state index contributed by atoms with van der Waals surface area (Å²) in [5, 5.41) is 4.79. The normalized spacial score (nSPS) is 24.3. The predicted octanol–water partition coefficient (Wildman–Crippen LogP) is 3.77. The van der Waals surface area contributed by atoms with Crippen molar-refractivity contribution in [1.29, 1.82) is 0 Å². The molecule has 1 saturated heterocycles. The van der Waals surface area contributed by atoms with Gasteiger partial charge in [0.2, 0.25) is 0 Å². The summed E-state index contributed by atoms with van der Waals surface area (Å²) in [4.78, 5) is 1.52. The Hall–Kier alpha value is -1.06. The van der Waals surface area contributed by atoms with Gasteiger partial charge >= 0.3 is 0 Å². The SMILES string of the molecule is COc1cccc2sc([C@H]3CCN[C@H](C)C3)cc12. The number of thiophene rings is 1. The molecule has 1 aliphatic heterocycles. The second-order valence-corrected chi connectivity index (χ2v) is 6.21. The zero-order valence-corrected chi connectivity index (χ0v) is 11.7. The number of hydrogen-bond donors (Lipinski definition) is 1. The van der Waals surface area contributed by atoms with Crippen molar-refractivity contribution >= 4 is 21.4 Å². The topological polar surface area (TPSA) is 21.3 Å². The molecule has 0 amide bonds. The molecule has 0 spiro atoms. The Labute approximate surface area is 112 Å². The quantitative estimate of drug-likeness (QED) is 0.888. The summed E-state index contributed by atoms with van der Waals surface area (Å²) in [7, 11) is 1.75. The number of nitrogens with one attached hydrogen (secondary N) is 1. The molecular weight excluding hydrogens is 242 g/mol. The van der Waals surface area contributed by atoms with Crippen LogP contribution in [0.1, 0.15) is 30.6 Å². The van der Waals surface area contributed by atoms with Gasteiger partial charge < -0.3 is 10.1 Å². The Balaban J connectivity index is 1.97. The highest BCUT2D eigenvalue weighted by molar-refractivity contribution is 7.19. The summed E-state index contributed by atoms with van der Waals surface area (Å²) in [5.41, 5.74) is 0. The van der Waals surface area contributed by atoms with Crippen LogP contribution in [0.3, 0.4) is 0 Å². The van der Waals surface area contributed by atoms with E-state index in [1.807, 2.05) is 17.4 Å². The molecule has 3 rings (SSSR count). The van der Waals surface area contributed by atoms with E-state index in [1.165, 1.54) is 27.8 Å². The van der Waals surface area contributed by atoms with Gasteiger partial charge in [0.05, 0.1) is 7.11 Å². The second kappa shape index (κ2) is 4.90. The number of methoxy groups -OCH3 is 1. The average molecular weight is 261 g/mol. The van der Waals surface area contributed by atoms with Crippen LogP contribution in [0.4, 0.5) is 0 Å². The smallest absolute Gasteiger partial charge is 0.127 e. The lowest BCUT2D eigenvalue weighted by atomic mass is 9.92. The number of rotatable bonds is 2. The van der Waals surface area contributed by atoms with Gasteiger partial charge in [-0.05, 0) is 50.4 Å². The number of ether oxygens (including phenoxy) is 1. The molecule has 1 aliphatic rings. The van der Waals surface area contributed by atoms with Crippen molar-refractivity contribution in [2.45, 2.75) is 31.7 Å². The summed E-state index contributed by atoms with van der Waals surface area (Å²) >= 11 is 1.93. The number of piperidine rings is 1. The lowest BCUT2D eigenvalue weighted by molar-refractivity contribution is 0.384. The summed E-state index contributed by atoms with van der Waals surface area (Å²) in [6.45, 7) is 3.41. The van der Waals surface area contributed by atoms with Gasteiger partial charge in [0.1, 0.15) is 5.75 Å². The van der Waals surface area contributed by atoms with Crippen LogP contribution in [-0.2, 0) is 0 Å². The molecule has 0 aliphatic carbocycles. The zero-order valence-electron chi connectivity index (χ0n) is 10.9.